The Labute approximate surface area is 81.8 Å². The molecule has 0 aliphatic carbocycles. The van der Waals surface area contributed by atoms with Crippen LogP contribution in [-0.2, 0) is 0 Å². The van der Waals surface area contributed by atoms with Gasteiger partial charge in [0.15, 0.2) is 0 Å². The van der Waals surface area contributed by atoms with Crippen LogP contribution in [0.25, 0.3) is 0 Å². The lowest BCUT2D eigenvalue weighted by molar-refractivity contribution is 0.915. The molecule has 0 fully saturated rings. The summed E-state index contributed by atoms with van der Waals surface area (Å²) in [4.78, 5) is 0. The molecule has 0 saturated carbocycles. The van der Waals surface area contributed by atoms with Gasteiger partial charge in [0.2, 0.25) is 0 Å². The third-order valence-electron chi connectivity index (χ3n) is 1.59. The molecule has 3 heteroatoms. The second-order valence-electron chi connectivity index (χ2n) is 2.40. The van der Waals surface area contributed by atoms with Crippen molar-refractivity contribution < 1.29 is 0 Å². The van der Waals surface area contributed by atoms with E-state index in [1.54, 1.807) is 12.1 Å². The number of nitrogens with two attached hydrogens (primary N) is 1. The van der Waals surface area contributed by atoms with Gasteiger partial charge in [0.1, 0.15) is 0 Å². The molecule has 0 amide bonds. The van der Waals surface area contributed by atoms with Gasteiger partial charge in [0, 0.05) is 6.04 Å². The van der Waals surface area contributed by atoms with Crippen molar-refractivity contribution in [1.29, 1.82) is 0 Å². The quantitative estimate of drug-likeness (QED) is 0.732. The average molecular weight is 202 g/mol. The second kappa shape index (κ2) is 3.94. The van der Waals surface area contributed by atoms with Gasteiger partial charge in [-0.05, 0) is 11.6 Å². The minimum Gasteiger partial charge on any atom is -0.321 e. The monoisotopic (exact) mass is 201 g/mol. The first-order chi connectivity index (χ1) is 5.66. The van der Waals surface area contributed by atoms with Crippen molar-refractivity contribution in [2.45, 2.75) is 6.04 Å². The van der Waals surface area contributed by atoms with Gasteiger partial charge in [-0.3, -0.25) is 0 Å². The third-order valence-corrected chi connectivity index (χ3v) is 2.43. The zero-order chi connectivity index (χ0) is 9.14. The van der Waals surface area contributed by atoms with E-state index in [-0.39, 0.29) is 6.04 Å². The smallest absolute Gasteiger partial charge is 0.0643 e. The van der Waals surface area contributed by atoms with Gasteiger partial charge < -0.3 is 5.73 Å². The first kappa shape index (κ1) is 9.59. The van der Waals surface area contributed by atoms with E-state index >= 15 is 0 Å². The van der Waals surface area contributed by atoms with Gasteiger partial charge >= 0.3 is 0 Å². The van der Waals surface area contributed by atoms with Crippen molar-refractivity contribution >= 4 is 23.2 Å². The molecular weight excluding hydrogens is 193 g/mol. The van der Waals surface area contributed by atoms with Gasteiger partial charge in [-0.1, -0.05) is 41.4 Å². The number of halogens is 2. The molecule has 0 aliphatic rings. The van der Waals surface area contributed by atoms with E-state index in [2.05, 4.69) is 6.58 Å². The zero-order valence-corrected chi connectivity index (χ0v) is 7.94. The molecule has 12 heavy (non-hydrogen) atoms. The van der Waals surface area contributed by atoms with Crippen LogP contribution in [0.1, 0.15) is 11.6 Å². The summed E-state index contributed by atoms with van der Waals surface area (Å²) in [7, 11) is 0. The number of rotatable bonds is 2. The van der Waals surface area contributed by atoms with Crippen molar-refractivity contribution in [1.82, 2.24) is 0 Å². The maximum absolute atomic E-state index is 5.91. The largest absolute Gasteiger partial charge is 0.321 e. The first-order valence-corrected chi connectivity index (χ1v) is 4.24. The number of hydrogen-bond acceptors (Lipinski definition) is 1. The summed E-state index contributed by atoms with van der Waals surface area (Å²) >= 11 is 11.7. The maximum atomic E-state index is 5.91. The van der Waals surface area contributed by atoms with Crippen molar-refractivity contribution in [3.8, 4) is 0 Å². The molecular formula is C9H9Cl2N. The van der Waals surface area contributed by atoms with Gasteiger partial charge in [-0.25, -0.2) is 0 Å². The van der Waals surface area contributed by atoms with E-state index in [9.17, 15) is 0 Å². The third kappa shape index (κ3) is 1.81. The average Bonchev–Trinajstić information content (AvgIpc) is 2.08. The van der Waals surface area contributed by atoms with E-state index in [0.717, 1.165) is 5.56 Å². The summed E-state index contributed by atoms with van der Waals surface area (Å²) < 4.78 is 0. The van der Waals surface area contributed by atoms with Crippen LogP contribution in [0, 0.1) is 0 Å². The van der Waals surface area contributed by atoms with Crippen LogP contribution < -0.4 is 5.73 Å². The molecule has 0 radical (unpaired) electrons. The zero-order valence-electron chi connectivity index (χ0n) is 6.43. The lowest BCUT2D eigenvalue weighted by Crippen LogP contribution is -2.06. The normalized spacial score (nSPS) is 12.6. The Bertz CT molecular complexity index is 297. The molecule has 0 saturated heterocycles. The van der Waals surface area contributed by atoms with Crippen LogP contribution in [0.2, 0.25) is 10.0 Å². The fourth-order valence-corrected chi connectivity index (χ4v) is 1.34. The Balaban J connectivity index is 3.15. The highest BCUT2D eigenvalue weighted by atomic mass is 35.5. The Morgan fingerprint density at radius 2 is 2.08 bits per heavy atom. The Morgan fingerprint density at radius 3 is 2.67 bits per heavy atom. The van der Waals surface area contributed by atoms with E-state index < -0.39 is 0 Å². The SMILES string of the molecule is C=C[C@H](N)c1cccc(Cl)c1Cl. The molecule has 1 rings (SSSR count). The molecule has 0 bridgehead atoms. The predicted octanol–water partition coefficient (Wildman–Crippen LogP) is 3.18. The van der Waals surface area contributed by atoms with Gasteiger partial charge in [-0.2, -0.15) is 0 Å². The van der Waals surface area contributed by atoms with Crippen LogP contribution in [0.3, 0.4) is 0 Å². The molecule has 0 aromatic heterocycles. The fourth-order valence-electron chi connectivity index (χ4n) is 0.905. The molecule has 64 valence electrons. The van der Waals surface area contributed by atoms with E-state index in [1.807, 2.05) is 12.1 Å². The molecule has 1 atom stereocenters. The standard InChI is InChI=1S/C9H9Cl2N/c1-2-8(12)6-4-3-5-7(10)9(6)11/h2-5,8H,1,12H2/t8-/m0/s1. The van der Waals surface area contributed by atoms with Crippen LogP contribution >= 0.6 is 23.2 Å². The molecule has 1 nitrogen and oxygen atoms in total. The highest BCUT2D eigenvalue weighted by molar-refractivity contribution is 6.42. The topological polar surface area (TPSA) is 26.0 Å². The molecule has 0 aliphatic heterocycles. The number of benzene rings is 1. The molecule has 2 N–H and O–H groups in total. The summed E-state index contributed by atoms with van der Waals surface area (Å²) in [5.41, 5.74) is 6.51. The van der Waals surface area contributed by atoms with E-state index in [4.69, 9.17) is 28.9 Å². The maximum Gasteiger partial charge on any atom is 0.0643 e. The lowest BCUT2D eigenvalue weighted by atomic mass is 10.1. The van der Waals surface area contributed by atoms with Gasteiger partial charge in [-0.15, -0.1) is 6.58 Å². The van der Waals surface area contributed by atoms with Crippen molar-refractivity contribution in [3.63, 3.8) is 0 Å². The summed E-state index contributed by atoms with van der Waals surface area (Å²) in [5, 5.41) is 1.03. The summed E-state index contributed by atoms with van der Waals surface area (Å²) in [6.45, 7) is 3.58. The molecule has 1 aromatic rings. The van der Waals surface area contributed by atoms with Crippen molar-refractivity contribution in [2.75, 3.05) is 0 Å². The van der Waals surface area contributed by atoms with E-state index in [0.29, 0.717) is 10.0 Å². The van der Waals surface area contributed by atoms with Crippen LogP contribution in [-0.4, -0.2) is 0 Å². The van der Waals surface area contributed by atoms with Crippen molar-refractivity contribution in [3.05, 3.63) is 46.5 Å². The Kier molecular flexibility index (Phi) is 3.15. The molecule has 0 heterocycles. The molecule has 0 unspecified atom stereocenters. The minimum absolute atomic E-state index is 0.254. The minimum atomic E-state index is -0.254. The van der Waals surface area contributed by atoms with Crippen LogP contribution in [0.15, 0.2) is 30.9 Å². The summed E-state index contributed by atoms with van der Waals surface area (Å²) in [5.74, 6) is 0. The Morgan fingerprint density at radius 1 is 1.42 bits per heavy atom. The summed E-state index contributed by atoms with van der Waals surface area (Å²) in [6.07, 6.45) is 1.62. The predicted molar refractivity (Wildman–Crippen MR) is 53.6 cm³/mol. The highest BCUT2D eigenvalue weighted by Crippen LogP contribution is 2.29. The Hall–Kier alpha value is -0.500. The number of hydrogen-bond donors (Lipinski definition) is 1. The van der Waals surface area contributed by atoms with Crippen LogP contribution in [0.5, 0.6) is 0 Å². The first-order valence-electron chi connectivity index (χ1n) is 3.49. The van der Waals surface area contributed by atoms with Gasteiger partial charge in [0.25, 0.3) is 0 Å². The van der Waals surface area contributed by atoms with Crippen molar-refractivity contribution in [2.24, 2.45) is 5.73 Å². The molecule has 0 spiro atoms. The van der Waals surface area contributed by atoms with Gasteiger partial charge in [0.05, 0.1) is 10.0 Å². The lowest BCUT2D eigenvalue weighted by Gasteiger charge is -2.09. The summed E-state index contributed by atoms with van der Waals surface area (Å²) in [6, 6.07) is 5.12. The van der Waals surface area contributed by atoms with Crippen LogP contribution in [0.4, 0.5) is 0 Å². The second-order valence-corrected chi connectivity index (χ2v) is 3.19. The highest BCUT2D eigenvalue weighted by Gasteiger charge is 2.08. The molecule has 1 aromatic carbocycles. The van der Waals surface area contributed by atoms with E-state index in [1.165, 1.54) is 0 Å². The fraction of sp³-hybridized carbons (Fsp3) is 0.111.